The Morgan fingerprint density at radius 1 is 1.50 bits per heavy atom. The van der Waals surface area contributed by atoms with Crippen LogP contribution in [0.5, 0.6) is 0 Å². The van der Waals surface area contributed by atoms with Crippen molar-refractivity contribution in [3.8, 4) is 0 Å². The van der Waals surface area contributed by atoms with Gasteiger partial charge in [0.25, 0.3) is 0 Å². The van der Waals surface area contributed by atoms with E-state index in [1.807, 2.05) is 0 Å². The van der Waals surface area contributed by atoms with Crippen LogP contribution in [-0.2, 0) is 13.0 Å². The Morgan fingerprint density at radius 3 is 3.06 bits per heavy atom. The van der Waals surface area contributed by atoms with E-state index >= 15 is 0 Å². The lowest BCUT2D eigenvalue weighted by molar-refractivity contribution is 0.0690. The minimum Gasteiger partial charge on any atom is -0.476 e. The van der Waals surface area contributed by atoms with E-state index in [0.717, 1.165) is 6.42 Å². The fourth-order valence-corrected chi connectivity index (χ4v) is 2.48. The number of nitrogens with one attached hydrogen (secondary N) is 1. The summed E-state index contributed by atoms with van der Waals surface area (Å²) in [5.41, 5.74) is 1.25. The molecule has 2 aromatic rings. The van der Waals surface area contributed by atoms with Gasteiger partial charge in [0.2, 0.25) is 0 Å². The maximum Gasteiger partial charge on any atom is 0.356 e. The smallest absolute Gasteiger partial charge is 0.356 e. The number of carboxylic acids is 1. The lowest BCUT2D eigenvalue weighted by Gasteiger charge is -2.05. The quantitative estimate of drug-likeness (QED) is 0.866. The molecule has 2 N–H and O–H groups in total. The SMILES string of the molecule is CCc1ccsc1CNc1cncc(C(=O)O)n1. The number of carboxylic acid groups (broad SMARTS) is 1. The molecule has 0 unspecified atom stereocenters. The molecule has 0 bridgehead atoms. The molecule has 0 saturated heterocycles. The number of hydrogen-bond acceptors (Lipinski definition) is 5. The second kappa shape index (κ2) is 5.59. The van der Waals surface area contributed by atoms with E-state index in [9.17, 15) is 4.79 Å². The molecule has 0 aliphatic carbocycles. The average molecular weight is 263 g/mol. The number of carbonyl (C=O) groups is 1. The van der Waals surface area contributed by atoms with Crippen LogP contribution in [0.15, 0.2) is 23.8 Å². The number of hydrogen-bond donors (Lipinski definition) is 2. The second-order valence-electron chi connectivity index (χ2n) is 3.67. The zero-order valence-corrected chi connectivity index (χ0v) is 10.7. The van der Waals surface area contributed by atoms with Crippen molar-refractivity contribution >= 4 is 23.1 Å². The van der Waals surface area contributed by atoms with E-state index in [4.69, 9.17) is 5.11 Å². The first-order valence-corrected chi connectivity index (χ1v) is 6.43. The Kier molecular flexibility index (Phi) is 3.88. The lowest BCUT2D eigenvalue weighted by atomic mass is 10.2. The van der Waals surface area contributed by atoms with Gasteiger partial charge in [-0.05, 0) is 23.4 Å². The molecule has 0 aromatic carbocycles. The molecule has 5 nitrogen and oxygen atoms in total. The highest BCUT2D eigenvalue weighted by Crippen LogP contribution is 2.18. The number of nitrogens with zero attached hydrogens (tertiary/aromatic N) is 2. The predicted octanol–water partition coefficient (Wildman–Crippen LogP) is 2.41. The summed E-state index contributed by atoms with van der Waals surface area (Å²) in [6, 6.07) is 2.10. The van der Waals surface area contributed by atoms with Crippen molar-refractivity contribution in [3.05, 3.63) is 40.0 Å². The first-order valence-electron chi connectivity index (χ1n) is 5.55. The Hall–Kier alpha value is -1.95. The van der Waals surface area contributed by atoms with Crippen LogP contribution < -0.4 is 5.32 Å². The Bertz CT molecular complexity index is 554. The van der Waals surface area contributed by atoms with Crippen LogP contribution in [0.25, 0.3) is 0 Å². The third-order valence-corrected chi connectivity index (χ3v) is 3.47. The zero-order valence-electron chi connectivity index (χ0n) is 9.88. The maximum atomic E-state index is 10.8. The number of aryl methyl sites for hydroxylation is 1. The topological polar surface area (TPSA) is 75.1 Å². The maximum absolute atomic E-state index is 10.8. The highest BCUT2D eigenvalue weighted by Gasteiger charge is 2.07. The highest BCUT2D eigenvalue weighted by molar-refractivity contribution is 7.10. The number of anilines is 1. The van der Waals surface area contributed by atoms with Gasteiger partial charge >= 0.3 is 5.97 Å². The van der Waals surface area contributed by atoms with Gasteiger partial charge in [-0.15, -0.1) is 11.3 Å². The largest absolute Gasteiger partial charge is 0.476 e. The van der Waals surface area contributed by atoms with Gasteiger partial charge < -0.3 is 10.4 Å². The fourth-order valence-electron chi connectivity index (χ4n) is 1.56. The molecule has 18 heavy (non-hydrogen) atoms. The molecule has 0 radical (unpaired) electrons. The summed E-state index contributed by atoms with van der Waals surface area (Å²) in [6.45, 7) is 2.75. The van der Waals surface area contributed by atoms with Gasteiger partial charge in [-0.3, -0.25) is 4.98 Å². The average Bonchev–Trinajstić information content (AvgIpc) is 2.84. The van der Waals surface area contributed by atoms with E-state index in [1.165, 1.54) is 22.8 Å². The van der Waals surface area contributed by atoms with E-state index in [1.54, 1.807) is 11.3 Å². The van der Waals surface area contributed by atoms with Crippen molar-refractivity contribution in [3.63, 3.8) is 0 Å². The van der Waals surface area contributed by atoms with Crippen LogP contribution in [0, 0.1) is 0 Å². The summed E-state index contributed by atoms with van der Waals surface area (Å²) >= 11 is 1.68. The Labute approximate surface area is 109 Å². The minimum absolute atomic E-state index is 0.0538. The molecular weight excluding hydrogens is 250 g/mol. The Morgan fingerprint density at radius 2 is 2.33 bits per heavy atom. The summed E-state index contributed by atoms with van der Waals surface area (Å²) in [5, 5.41) is 14.0. The van der Waals surface area contributed by atoms with Crippen molar-refractivity contribution in [2.45, 2.75) is 19.9 Å². The molecule has 0 saturated carbocycles. The molecule has 2 heterocycles. The van der Waals surface area contributed by atoms with Crippen molar-refractivity contribution in [2.24, 2.45) is 0 Å². The standard InChI is InChI=1S/C12H13N3O2S/c1-2-8-3-4-18-10(8)6-14-11-7-13-5-9(15-11)12(16)17/h3-5,7H,2,6H2,1H3,(H,14,15)(H,16,17). The fraction of sp³-hybridized carbons (Fsp3) is 0.250. The van der Waals surface area contributed by atoms with Gasteiger partial charge in [-0.2, -0.15) is 0 Å². The molecule has 0 spiro atoms. The summed E-state index contributed by atoms with van der Waals surface area (Å²) in [5.74, 6) is -0.595. The summed E-state index contributed by atoms with van der Waals surface area (Å²) in [4.78, 5) is 19.8. The van der Waals surface area contributed by atoms with Gasteiger partial charge in [0.05, 0.1) is 18.9 Å². The second-order valence-corrected chi connectivity index (χ2v) is 4.67. The number of aromatic nitrogens is 2. The summed E-state index contributed by atoms with van der Waals surface area (Å²) in [7, 11) is 0. The van der Waals surface area contributed by atoms with E-state index < -0.39 is 5.97 Å². The molecule has 2 aromatic heterocycles. The van der Waals surface area contributed by atoms with Crippen LogP contribution in [0.3, 0.4) is 0 Å². The lowest BCUT2D eigenvalue weighted by Crippen LogP contribution is -2.06. The monoisotopic (exact) mass is 263 g/mol. The van der Waals surface area contributed by atoms with Crippen molar-refractivity contribution in [2.75, 3.05) is 5.32 Å². The van der Waals surface area contributed by atoms with Crippen LogP contribution in [0.1, 0.15) is 27.9 Å². The van der Waals surface area contributed by atoms with E-state index in [2.05, 4.69) is 33.7 Å². The molecule has 0 atom stereocenters. The first-order chi connectivity index (χ1) is 8.70. The number of rotatable bonds is 5. The van der Waals surface area contributed by atoms with Gasteiger partial charge in [0.1, 0.15) is 5.82 Å². The summed E-state index contributed by atoms with van der Waals surface area (Å²) in [6.07, 6.45) is 3.74. The van der Waals surface area contributed by atoms with Gasteiger partial charge in [-0.25, -0.2) is 9.78 Å². The molecule has 94 valence electrons. The molecule has 0 amide bonds. The Balaban J connectivity index is 2.06. The molecule has 2 rings (SSSR count). The van der Waals surface area contributed by atoms with Crippen molar-refractivity contribution in [1.82, 2.24) is 9.97 Å². The van der Waals surface area contributed by atoms with Crippen LogP contribution in [-0.4, -0.2) is 21.0 Å². The predicted molar refractivity (Wildman–Crippen MR) is 70.0 cm³/mol. The van der Waals surface area contributed by atoms with Gasteiger partial charge in [-0.1, -0.05) is 6.92 Å². The molecule has 0 aliphatic heterocycles. The van der Waals surface area contributed by atoms with Gasteiger partial charge in [0, 0.05) is 4.88 Å². The van der Waals surface area contributed by atoms with Crippen molar-refractivity contribution < 1.29 is 9.90 Å². The number of aromatic carboxylic acids is 1. The minimum atomic E-state index is -1.07. The molecule has 0 aliphatic rings. The highest BCUT2D eigenvalue weighted by atomic mass is 32.1. The number of thiophene rings is 1. The van der Waals surface area contributed by atoms with Gasteiger partial charge in [0.15, 0.2) is 5.69 Å². The molecular formula is C12H13N3O2S. The van der Waals surface area contributed by atoms with Crippen LogP contribution in [0.2, 0.25) is 0 Å². The van der Waals surface area contributed by atoms with Crippen molar-refractivity contribution in [1.29, 1.82) is 0 Å². The third-order valence-electron chi connectivity index (χ3n) is 2.50. The third kappa shape index (κ3) is 2.84. The zero-order chi connectivity index (χ0) is 13.0. The normalized spacial score (nSPS) is 10.3. The first kappa shape index (κ1) is 12.5. The van der Waals surface area contributed by atoms with E-state index in [-0.39, 0.29) is 5.69 Å². The van der Waals surface area contributed by atoms with Crippen LogP contribution >= 0.6 is 11.3 Å². The molecule has 0 fully saturated rings. The van der Waals surface area contributed by atoms with Crippen LogP contribution in [0.4, 0.5) is 5.82 Å². The molecule has 6 heteroatoms. The summed E-state index contributed by atoms with van der Waals surface area (Å²) < 4.78 is 0. The van der Waals surface area contributed by atoms with E-state index in [0.29, 0.717) is 12.4 Å².